The molecule has 0 saturated carbocycles. The summed E-state index contributed by atoms with van der Waals surface area (Å²) in [7, 11) is 0. The number of carbonyl (C=O) groups is 3. The minimum absolute atomic E-state index is 0.266. The van der Waals surface area contributed by atoms with Crippen LogP contribution in [0.5, 0.6) is 0 Å². The Balaban J connectivity index is 1.36. The number of benzene rings is 1. The molecular weight excluding hydrogens is 545 g/mol. The van der Waals surface area contributed by atoms with Gasteiger partial charge in [-0.15, -0.1) is 0 Å². The van der Waals surface area contributed by atoms with Crippen molar-refractivity contribution in [2.45, 2.75) is 24.4 Å². The molecule has 1 fully saturated rings. The number of nitrogens with zero attached hydrogens (tertiary/aromatic N) is 4. The molecule has 2 aliphatic rings. The van der Waals surface area contributed by atoms with Crippen molar-refractivity contribution in [3.8, 4) is 0 Å². The van der Waals surface area contributed by atoms with Crippen LogP contribution >= 0.6 is 15.9 Å². The van der Waals surface area contributed by atoms with Crippen molar-refractivity contribution in [1.82, 2.24) is 25.4 Å². The molecule has 36 heavy (non-hydrogen) atoms. The molecular formula is C23H20BrF3N6O3. The van der Waals surface area contributed by atoms with E-state index in [1.807, 2.05) is 5.32 Å². The average molecular weight is 565 g/mol. The van der Waals surface area contributed by atoms with E-state index in [0.29, 0.717) is 34.1 Å². The molecule has 2 aromatic heterocycles. The molecule has 0 unspecified atom stereocenters. The first-order chi connectivity index (χ1) is 17.1. The zero-order valence-corrected chi connectivity index (χ0v) is 20.3. The summed E-state index contributed by atoms with van der Waals surface area (Å²) in [5.41, 5.74) is 1.13. The second-order valence-electron chi connectivity index (χ2n) is 8.82. The Morgan fingerprint density at radius 1 is 1.19 bits per heavy atom. The van der Waals surface area contributed by atoms with Crippen LogP contribution in [0.2, 0.25) is 0 Å². The van der Waals surface area contributed by atoms with E-state index in [-0.39, 0.29) is 30.6 Å². The Morgan fingerprint density at radius 3 is 2.67 bits per heavy atom. The van der Waals surface area contributed by atoms with Crippen LogP contribution in [0.15, 0.2) is 41.1 Å². The monoisotopic (exact) mass is 564 g/mol. The van der Waals surface area contributed by atoms with E-state index in [1.54, 1.807) is 35.4 Å². The second-order valence-corrected chi connectivity index (χ2v) is 9.67. The van der Waals surface area contributed by atoms with Crippen LogP contribution in [-0.2, 0) is 15.0 Å². The van der Waals surface area contributed by atoms with Crippen molar-refractivity contribution in [2.24, 2.45) is 0 Å². The van der Waals surface area contributed by atoms with E-state index >= 15 is 0 Å². The van der Waals surface area contributed by atoms with Gasteiger partial charge in [0.05, 0.1) is 23.3 Å². The standard InChI is InChI=1S/C23H20BrF3N6O3/c24-14-2-1-3-17-19(14)22(21(36)33(17)11-18(34)29-12-23(25,26)27)4-6-32(7-5-22)20(35)15-8-13-9-30-31-16(13)10-28-15/h1-3,8-10H,4-7,11-12H2,(H,29,34)(H,30,31). The minimum atomic E-state index is -4.55. The maximum absolute atomic E-state index is 13.7. The van der Waals surface area contributed by atoms with Crippen LogP contribution < -0.4 is 10.2 Å². The lowest BCUT2D eigenvalue weighted by molar-refractivity contribution is -0.138. The predicted octanol–water partition coefficient (Wildman–Crippen LogP) is 2.92. The molecule has 0 aliphatic carbocycles. The molecule has 1 aromatic carbocycles. The Hall–Kier alpha value is -3.48. The van der Waals surface area contributed by atoms with Crippen molar-refractivity contribution in [3.63, 3.8) is 0 Å². The number of piperidine rings is 1. The molecule has 3 amide bonds. The highest BCUT2D eigenvalue weighted by molar-refractivity contribution is 9.10. The fourth-order valence-corrected chi connectivity index (χ4v) is 5.65. The SMILES string of the molecule is O=C(CN1C(=O)C2(CCN(C(=O)c3cc4cn[nH]c4cn3)CC2)c2c(Br)cccc21)NCC(F)(F)F. The maximum atomic E-state index is 13.7. The third-order valence-corrected chi connectivity index (χ3v) is 7.31. The molecule has 188 valence electrons. The van der Waals surface area contributed by atoms with Crippen LogP contribution in [0.4, 0.5) is 18.9 Å². The molecule has 0 bridgehead atoms. The Bertz CT molecular complexity index is 1370. The predicted molar refractivity (Wildman–Crippen MR) is 126 cm³/mol. The van der Waals surface area contributed by atoms with Crippen LogP contribution in [0.3, 0.4) is 0 Å². The number of aromatic nitrogens is 3. The summed E-state index contributed by atoms with van der Waals surface area (Å²) < 4.78 is 38.2. The van der Waals surface area contributed by atoms with Gasteiger partial charge in [-0.05, 0) is 31.0 Å². The van der Waals surface area contributed by atoms with E-state index in [9.17, 15) is 27.6 Å². The first-order valence-electron chi connectivity index (χ1n) is 11.1. The molecule has 2 N–H and O–H groups in total. The molecule has 0 radical (unpaired) electrons. The molecule has 5 rings (SSSR count). The molecule has 9 nitrogen and oxygen atoms in total. The van der Waals surface area contributed by atoms with Crippen LogP contribution in [0.1, 0.15) is 28.9 Å². The third kappa shape index (κ3) is 4.21. The molecule has 0 atom stereocenters. The number of carbonyl (C=O) groups excluding carboxylic acids is 3. The lowest BCUT2D eigenvalue weighted by Crippen LogP contribution is -2.51. The number of nitrogens with one attached hydrogen (secondary N) is 2. The van der Waals surface area contributed by atoms with Gasteiger partial charge >= 0.3 is 6.18 Å². The fourth-order valence-electron chi connectivity index (χ4n) is 4.92. The number of pyridine rings is 1. The molecule has 1 saturated heterocycles. The Morgan fingerprint density at radius 2 is 1.94 bits per heavy atom. The van der Waals surface area contributed by atoms with E-state index in [0.717, 1.165) is 5.39 Å². The largest absolute Gasteiger partial charge is 0.405 e. The van der Waals surface area contributed by atoms with Gasteiger partial charge in [-0.25, -0.2) is 4.98 Å². The van der Waals surface area contributed by atoms with Gasteiger partial charge in [0.15, 0.2) is 0 Å². The van der Waals surface area contributed by atoms with Gasteiger partial charge in [0.25, 0.3) is 5.91 Å². The number of hydrogen-bond donors (Lipinski definition) is 2. The Kier molecular flexibility index (Phi) is 5.97. The van der Waals surface area contributed by atoms with Crippen LogP contribution in [0, 0.1) is 0 Å². The molecule has 3 aromatic rings. The summed E-state index contributed by atoms with van der Waals surface area (Å²) in [6.45, 7) is -1.47. The zero-order chi connectivity index (χ0) is 25.7. The Labute approximate surface area is 211 Å². The average Bonchev–Trinajstić information content (AvgIpc) is 3.40. The summed E-state index contributed by atoms with van der Waals surface area (Å²) in [6.07, 6.45) is -0.826. The number of fused-ring (bicyclic) bond motifs is 3. The minimum Gasteiger partial charge on any atom is -0.345 e. The zero-order valence-electron chi connectivity index (χ0n) is 18.7. The first kappa shape index (κ1) is 24.2. The van der Waals surface area contributed by atoms with Gasteiger partial charge in [0.1, 0.15) is 18.8 Å². The lowest BCUT2D eigenvalue weighted by Gasteiger charge is -2.38. The van der Waals surface area contributed by atoms with Crippen LogP contribution in [0.25, 0.3) is 10.9 Å². The van der Waals surface area contributed by atoms with Gasteiger partial charge in [-0.2, -0.15) is 18.3 Å². The van der Waals surface area contributed by atoms with Gasteiger partial charge in [-0.3, -0.25) is 19.5 Å². The maximum Gasteiger partial charge on any atom is 0.405 e. The normalized spacial score (nSPS) is 17.1. The number of alkyl halides is 3. The summed E-state index contributed by atoms with van der Waals surface area (Å²) in [5, 5.41) is 9.29. The van der Waals surface area contributed by atoms with Crippen molar-refractivity contribution in [3.05, 3.63) is 52.4 Å². The van der Waals surface area contributed by atoms with E-state index < -0.39 is 30.6 Å². The highest BCUT2D eigenvalue weighted by atomic mass is 79.9. The van der Waals surface area contributed by atoms with Gasteiger partial charge in [0, 0.05) is 34.2 Å². The quantitative estimate of drug-likeness (QED) is 0.506. The summed E-state index contributed by atoms with van der Waals surface area (Å²) in [6, 6.07) is 6.81. The van der Waals surface area contributed by atoms with E-state index in [4.69, 9.17) is 0 Å². The molecule has 1 spiro atoms. The van der Waals surface area contributed by atoms with Crippen molar-refractivity contribution >= 4 is 50.2 Å². The van der Waals surface area contributed by atoms with Crippen molar-refractivity contribution < 1.29 is 27.6 Å². The van der Waals surface area contributed by atoms with E-state index in [2.05, 4.69) is 31.1 Å². The number of rotatable bonds is 4. The van der Waals surface area contributed by atoms with Crippen molar-refractivity contribution in [2.75, 3.05) is 31.1 Å². The number of aromatic amines is 1. The number of amides is 3. The number of halogens is 4. The first-order valence-corrected chi connectivity index (χ1v) is 11.9. The number of hydrogen-bond acceptors (Lipinski definition) is 5. The summed E-state index contributed by atoms with van der Waals surface area (Å²) in [4.78, 5) is 46.1. The topological polar surface area (TPSA) is 111 Å². The van der Waals surface area contributed by atoms with Gasteiger partial charge in [0.2, 0.25) is 11.8 Å². The number of H-pyrrole nitrogens is 1. The lowest BCUT2D eigenvalue weighted by atomic mass is 9.73. The summed E-state index contributed by atoms with van der Waals surface area (Å²) in [5.74, 6) is -1.54. The van der Waals surface area contributed by atoms with Gasteiger partial charge in [-0.1, -0.05) is 22.0 Å². The number of anilines is 1. The molecule has 13 heteroatoms. The van der Waals surface area contributed by atoms with Gasteiger partial charge < -0.3 is 15.1 Å². The van der Waals surface area contributed by atoms with Crippen molar-refractivity contribution in [1.29, 1.82) is 0 Å². The number of likely N-dealkylation sites (tertiary alicyclic amines) is 1. The third-order valence-electron chi connectivity index (χ3n) is 6.65. The molecule has 4 heterocycles. The molecule has 2 aliphatic heterocycles. The van der Waals surface area contributed by atoms with Crippen LogP contribution in [-0.4, -0.2) is 70.2 Å². The fraction of sp³-hybridized carbons (Fsp3) is 0.348. The highest BCUT2D eigenvalue weighted by Gasteiger charge is 2.53. The second kappa shape index (κ2) is 8.87. The highest BCUT2D eigenvalue weighted by Crippen LogP contribution is 2.50. The summed E-state index contributed by atoms with van der Waals surface area (Å²) >= 11 is 3.51. The smallest absolute Gasteiger partial charge is 0.345 e. The van der Waals surface area contributed by atoms with E-state index in [1.165, 1.54) is 11.1 Å².